The fourth-order valence-electron chi connectivity index (χ4n) is 3.05. The third-order valence-corrected chi connectivity index (χ3v) is 5.31. The van der Waals surface area contributed by atoms with Gasteiger partial charge >= 0.3 is 5.97 Å². The van der Waals surface area contributed by atoms with Crippen LogP contribution in [0.5, 0.6) is 0 Å². The average Bonchev–Trinajstić information content (AvgIpc) is 2.94. The lowest BCUT2D eigenvalue weighted by atomic mass is 9.84. The summed E-state index contributed by atoms with van der Waals surface area (Å²) in [6, 6.07) is 2.02. The highest BCUT2D eigenvalue weighted by molar-refractivity contribution is 7.12. The molecule has 0 aromatic carbocycles. The number of carboxylic acids is 1. The number of amides is 1. The zero-order chi connectivity index (χ0) is 15.4. The van der Waals surface area contributed by atoms with E-state index in [1.165, 1.54) is 11.3 Å². The Morgan fingerprint density at radius 3 is 2.95 bits per heavy atom. The molecule has 21 heavy (non-hydrogen) atoms. The molecule has 1 aliphatic rings. The number of aliphatic carboxylic acids is 1. The number of carboxylic acid groups (broad SMARTS) is 1. The molecule has 116 valence electrons. The highest BCUT2D eigenvalue weighted by Crippen LogP contribution is 2.28. The number of carbonyl (C=O) groups is 2. The standard InChI is InChI=1S/C16H23NO3S/c1-3-12-6-8-21-15(12)16(20)17-7-4-5-13(10-17)11(2)9-14(18)19/h6,8,11,13H,3-5,7,9-10H2,1-2H3,(H,18,19). The Labute approximate surface area is 129 Å². The van der Waals surface area contributed by atoms with E-state index in [-0.39, 0.29) is 18.2 Å². The van der Waals surface area contributed by atoms with Gasteiger partial charge in [0.25, 0.3) is 5.91 Å². The molecule has 1 N–H and O–H groups in total. The Kier molecular flexibility index (Phi) is 5.39. The van der Waals surface area contributed by atoms with Crippen LogP contribution in [0, 0.1) is 11.8 Å². The fraction of sp³-hybridized carbons (Fsp3) is 0.625. The molecule has 2 unspecified atom stereocenters. The quantitative estimate of drug-likeness (QED) is 0.908. The molecule has 1 aromatic heterocycles. The Balaban J connectivity index is 2.03. The highest BCUT2D eigenvalue weighted by atomic mass is 32.1. The molecule has 4 nitrogen and oxygen atoms in total. The summed E-state index contributed by atoms with van der Waals surface area (Å²) in [7, 11) is 0. The van der Waals surface area contributed by atoms with E-state index < -0.39 is 5.97 Å². The van der Waals surface area contributed by atoms with Crippen molar-refractivity contribution in [2.75, 3.05) is 13.1 Å². The van der Waals surface area contributed by atoms with Crippen LogP contribution >= 0.6 is 11.3 Å². The molecule has 0 saturated carbocycles. The van der Waals surface area contributed by atoms with E-state index in [0.717, 1.165) is 36.2 Å². The van der Waals surface area contributed by atoms with Crippen molar-refractivity contribution in [2.45, 2.75) is 39.5 Å². The number of thiophene rings is 1. The normalized spacial score (nSPS) is 20.3. The first kappa shape index (κ1) is 16.0. The van der Waals surface area contributed by atoms with Crippen LogP contribution in [-0.4, -0.2) is 35.0 Å². The zero-order valence-electron chi connectivity index (χ0n) is 12.7. The molecule has 2 rings (SSSR count). The molecule has 0 radical (unpaired) electrons. The molecule has 1 aliphatic heterocycles. The molecule has 2 heterocycles. The van der Waals surface area contributed by atoms with Crippen LogP contribution in [-0.2, 0) is 11.2 Å². The lowest BCUT2D eigenvalue weighted by Gasteiger charge is -2.35. The summed E-state index contributed by atoms with van der Waals surface area (Å²) < 4.78 is 0. The maximum absolute atomic E-state index is 12.7. The number of aryl methyl sites for hydroxylation is 1. The van der Waals surface area contributed by atoms with Gasteiger partial charge in [0, 0.05) is 19.5 Å². The van der Waals surface area contributed by atoms with Crippen molar-refractivity contribution in [3.8, 4) is 0 Å². The van der Waals surface area contributed by atoms with Gasteiger partial charge in [0.15, 0.2) is 0 Å². The minimum absolute atomic E-state index is 0.118. The minimum atomic E-state index is -0.752. The first-order valence-electron chi connectivity index (χ1n) is 7.60. The van der Waals surface area contributed by atoms with Crippen LogP contribution in [0.2, 0.25) is 0 Å². The number of nitrogens with zero attached hydrogens (tertiary/aromatic N) is 1. The predicted molar refractivity (Wildman–Crippen MR) is 83.7 cm³/mol. The Morgan fingerprint density at radius 1 is 1.52 bits per heavy atom. The maximum atomic E-state index is 12.7. The summed E-state index contributed by atoms with van der Waals surface area (Å²) in [5, 5.41) is 10.9. The van der Waals surface area contributed by atoms with Gasteiger partial charge in [0.2, 0.25) is 0 Å². The summed E-state index contributed by atoms with van der Waals surface area (Å²) >= 11 is 1.51. The van der Waals surface area contributed by atoms with Gasteiger partial charge in [-0.3, -0.25) is 9.59 Å². The number of hydrogen-bond donors (Lipinski definition) is 1. The van der Waals surface area contributed by atoms with Gasteiger partial charge < -0.3 is 10.0 Å². The van der Waals surface area contributed by atoms with Crippen molar-refractivity contribution < 1.29 is 14.7 Å². The van der Waals surface area contributed by atoms with Gasteiger partial charge in [-0.2, -0.15) is 0 Å². The van der Waals surface area contributed by atoms with E-state index in [2.05, 4.69) is 6.92 Å². The van der Waals surface area contributed by atoms with Crippen LogP contribution in [0.15, 0.2) is 11.4 Å². The molecule has 0 aliphatic carbocycles. The van der Waals surface area contributed by atoms with Crippen LogP contribution in [0.25, 0.3) is 0 Å². The lowest BCUT2D eigenvalue weighted by molar-refractivity contribution is -0.138. The largest absolute Gasteiger partial charge is 0.481 e. The molecular formula is C16H23NO3S. The summed E-state index contributed by atoms with van der Waals surface area (Å²) in [5.41, 5.74) is 1.12. The Bertz CT molecular complexity index is 511. The number of carbonyl (C=O) groups excluding carboxylic acids is 1. The van der Waals surface area contributed by atoms with Crippen LogP contribution in [0.4, 0.5) is 0 Å². The molecule has 1 fully saturated rings. The summed E-state index contributed by atoms with van der Waals surface area (Å²) in [4.78, 5) is 26.3. The number of hydrogen-bond acceptors (Lipinski definition) is 3. The molecule has 2 atom stereocenters. The SMILES string of the molecule is CCc1ccsc1C(=O)N1CCCC(C(C)CC(=O)O)C1. The first-order valence-corrected chi connectivity index (χ1v) is 8.48. The molecule has 0 spiro atoms. The molecule has 1 saturated heterocycles. The van der Waals surface area contributed by atoms with E-state index in [9.17, 15) is 9.59 Å². The van der Waals surface area contributed by atoms with Crippen molar-refractivity contribution in [2.24, 2.45) is 11.8 Å². The second-order valence-corrected chi connectivity index (χ2v) is 6.77. The third-order valence-electron chi connectivity index (χ3n) is 4.37. The van der Waals surface area contributed by atoms with Crippen molar-refractivity contribution in [1.82, 2.24) is 4.90 Å². The van der Waals surface area contributed by atoms with Crippen molar-refractivity contribution in [3.05, 3.63) is 21.9 Å². The summed E-state index contributed by atoms with van der Waals surface area (Å²) in [6.07, 6.45) is 3.04. The second kappa shape index (κ2) is 7.07. The van der Waals surface area contributed by atoms with Gasteiger partial charge in [-0.15, -0.1) is 11.3 Å². The van der Waals surface area contributed by atoms with E-state index in [4.69, 9.17) is 5.11 Å². The summed E-state index contributed by atoms with van der Waals surface area (Å²) in [6.45, 7) is 5.52. The van der Waals surface area contributed by atoms with Gasteiger partial charge in [-0.1, -0.05) is 13.8 Å². The molecule has 1 aromatic rings. The fourth-order valence-corrected chi connectivity index (χ4v) is 4.01. The van der Waals surface area contributed by atoms with Crippen LogP contribution in [0.3, 0.4) is 0 Å². The maximum Gasteiger partial charge on any atom is 0.303 e. The number of piperidine rings is 1. The van der Waals surface area contributed by atoms with Crippen LogP contribution in [0.1, 0.15) is 48.3 Å². The molecular weight excluding hydrogens is 286 g/mol. The van der Waals surface area contributed by atoms with E-state index in [1.807, 2.05) is 23.3 Å². The van der Waals surface area contributed by atoms with E-state index in [0.29, 0.717) is 12.5 Å². The topological polar surface area (TPSA) is 57.6 Å². The van der Waals surface area contributed by atoms with Gasteiger partial charge in [0.1, 0.15) is 0 Å². The first-order chi connectivity index (χ1) is 10.0. The summed E-state index contributed by atoms with van der Waals surface area (Å²) in [5.74, 6) is -0.220. The minimum Gasteiger partial charge on any atom is -0.481 e. The van der Waals surface area contributed by atoms with Gasteiger partial charge in [-0.05, 0) is 48.1 Å². The molecule has 1 amide bonds. The van der Waals surface area contributed by atoms with Gasteiger partial charge in [-0.25, -0.2) is 0 Å². The van der Waals surface area contributed by atoms with Crippen molar-refractivity contribution in [1.29, 1.82) is 0 Å². The zero-order valence-corrected chi connectivity index (χ0v) is 13.5. The molecule has 5 heteroatoms. The third kappa shape index (κ3) is 3.84. The highest BCUT2D eigenvalue weighted by Gasteiger charge is 2.29. The molecule has 0 bridgehead atoms. The number of rotatable bonds is 5. The van der Waals surface area contributed by atoms with Gasteiger partial charge in [0.05, 0.1) is 4.88 Å². The lowest BCUT2D eigenvalue weighted by Crippen LogP contribution is -2.42. The number of likely N-dealkylation sites (tertiary alicyclic amines) is 1. The average molecular weight is 309 g/mol. The monoisotopic (exact) mass is 309 g/mol. The smallest absolute Gasteiger partial charge is 0.303 e. The Morgan fingerprint density at radius 2 is 2.29 bits per heavy atom. The second-order valence-electron chi connectivity index (χ2n) is 5.86. The van der Waals surface area contributed by atoms with E-state index in [1.54, 1.807) is 0 Å². The van der Waals surface area contributed by atoms with Crippen LogP contribution < -0.4 is 0 Å². The van der Waals surface area contributed by atoms with Crippen molar-refractivity contribution in [3.63, 3.8) is 0 Å². The van der Waals surface area contributed by atoms with E-state index >= 15 is 0 Å². The van der Waals surface area contributed by atoms with Crippen molar-refractivity contribution >= 4 is 23.2 Å². The predicted octanol–water partition coefficient (Wildman–Crippen LogP) is 3.27. The Hall–Kier alpha value is -1.36.